The fourth-order valence-electron chi connectivity index (χ4n) is 2.77. The summed E-state index contributed by atoms with van der Waals surface area (Å²) in [5.74, 6) is 0.0511. The molecular formula is C16H22N2O2. The number of rotatable bonds is 4. The molecule has 1 saturated carbocycles. The number of amides is 1. The number of hydrogen-bond donors (Lipinski definition) is 0. The van der Waals surface area contributed by atoms with Gasteiger partial charge in [0.25, 0.3) is 0 Å². The molecule has 0 heterocycles. The number of hydrogen-bond acceptors (Lipinski definition) is 3. The number of ketones is 1. The fraction of sp³-hybridized carbons (Fsp3) is 0.500. The van der Waals surface area contributed by atoms with Gasteiger partial charge in [-0.25, -0.2) is 0 Å². The third kappa shape index (κ3) is 2.24. The van der Waals surface area contributed by atoms with Crippen molar-refractivity contribution >= 4 is 17.4 Å². The average Bonchev–Trinajstić information content (AvgIpc) is 2.35. The zero-order valence-corrected chi connectivity index (χ0v) is 12.6. The van der Waals surface area contributed by atoms with Gasteiger partial charge in [0.1, 0.15) is 0 Å². The summed E-state index contributed by atoms with van der Waals surface area (Å²) in [5.41, 5.74) is 0.935. The Balaban J connectivity index is 2.43. The summed E-state index contributed by atoms with van der Waals surface area (Å²) in [6, 6.07) is 7.36. The van der Waals surface area contributed by atoms with Gasteiger partial charge in [0.2, 0.25) is 5.91 Å². The molecule has 1 aromatic carbocycles. The Morgan fingerprint density at radius 1 is 1.10 bits per heavy atom. The molecule has 0 atom stereocenters. The Hall–Kier alpha value is -1.68. The van der Waals surface area contributed by atoms with Crippen molar-refractivity contribution in [2.45, 2.75) is 31.7 Å². The first-order chi connectivity index (χ1) is 9.40. The van der Waals surface area contributed by atoms with Crippen molar-refractivity contribution in [1.29, 1.82) is 0 Å². The molecule has 0 N–H and O–H groups in total. The maximum absolute atomic E-state index is 13.0. The van der Waals surface area contributed by atoms with Crippen molar-refractivity contribution in [3.63, 3.8) is 0 Å². The van der Waals surface area contributed by atoms with Crippen molar-refractivity contribution in [3.05, 3.63) is 29.8 Å². The molecule has 0 bridgehead atoms. The van der Waals surface area contributed by atoms with Crippen molar-refractivity contribution in [3.8, 4) is 0 Å². The van der Waals surface area contributed by atoms with Crippen LogP contribution in [-0.2, 0) is 4.79 Å². The van der Waals surface area contributed by atoms with Gasteiger partial charge in [-0.05, 0) is 45.5 Å². The molecule has 0 aliphatic heterocycles. The summed E-state index contributed by atoms with van der Waals surface area (Å²) in [5, 5.41) is 0. The van der Waals surface area contributed by atoms with E-state index in [2.05, 4.69) is 0 Å². The molecule has 1 aromatic rings. The highest BCUT2D eigenvalue weighted by Gasteiger charge is 2.46. The van der Waals surface area contributed by atoms with E-state index >= 15 is 0 Å². The van der Waals surface area contributed by atoms with Crippen molar-refractivity contribution in [2.75, 3.05) is 26.0 Å². The minimum absolute atomic E-state index is 0.0715. The quantitative estimate of drug-likeness (QED) is 0.791. The van der Waals surface area contributed by atoms with Crippen molar-refractivity contribution < 1.29 is 9.59 Å². The maximum atomic E-state index is 13.0. The molecule has 0 aromatic heterocycles. The largest absolute Gasteiger partial charge is 0.315 e. The molecule has 20 heavy (non-hydrogen) atoms. The molecular weight excluding hydrogens is 252 g/mol. The maximum Gasteiger partial charge on any atom is 0.223 e. The lowest BCUT2D eigenvalue weighted by atomic mass is 9.70. The molecule has 108 valence electrons. The number of nitrogens with zero attached hydrogens (tertiary/aromatic N) is 2. The summed E-state index contributed by atoms with van der Waals surface area (Å²) < 4.78 is 0. The number of carbonyl (C=O) groups is 2. The molecule has 0 radical (unpaired) electrons. The Labute approximate surface area is 120 Å². The highest BCUT2D eigenvalue weighted by atomic mass is 16.2. The van der Waals surface area contributed by atoms with Gasteiger partial charge in [0, 0.05) is 19.5 Å². The van der Waals surface area contributed by atoms with E-state index in [0.29, 0.717) is 11.3 Å². The highest BCUT2D eigenvalue weighted by Crippen LogP contribution is 2.40. The average molecular weight is 274 g/mol. The molecule has 0 saturated heterocycles. The lowest BCUT2D eigenvalue weighted by Gasteiger charge is -2.46. The molecule has 1 aliphatic rings. The summed E-state index contributed by atoms with van der Waals surface area (Å²) in [4.78, 5) is 28.1. The summed E-state index contributed by atoms with van der Waals surface area (Å²) >= 11 is 0. The number of benzene rings is 1. The lowest BCUT2D eigenvalue weighted by Crippen LogP contribution is -2.56. The van der Waals surface area contributed by atoms with E-state index in [9.17, 15) is 9.59 Å². The van der Waals surface area contributed by atoms with Gasteiger partial charge in [-0.15, -0.1) is 0 Å². The van der Waals surface area contributed by atoms with Crippen LogP contribution in [0.4, 0.5) is 5.69 Å². The smallest absolute Gasteiger partial charge is 0.223 e. The van der Waals surface area contributed by atoms with Crippen LogP contribution in [0.2, 0.25) is 0 Å². The zero-order valence-electron chi connectivity index (χ0n) is 12.6. The number of likely N-dealkylation sites (N-methyl/N-ethyl adjacent to an activating group) is 1. The molecule has 4 heteroatoms. The number of Topliss-reactive ketones (excluding diaryl/α,β-unsaturated/α-hetero) is 1. The van der Waals surface area contributed by atoms with Gasteiger partial charge in [-0.2, -0.15) is 0 Å². The van der Waals surface area contributed by atoms with E-state index in [1.807, 2.05) is 43.3 Å². The standard InChI is InChI=1S/C16H22N2O2/c1-12(19)18(4)14-9-6-5-8-13(14)15(20)16(17(2)3)10-7-11-16/h5-6,8-9H,7,10-11H2,1-4H3. The number of para-hydroxylation sites is 1. The first kappa shape index (κ1) is 14.7. The lowest BCUT2D eigenvalue weighted by molar-refractivity contribution is -0.116. The van der Waals surface area contributed by atoms with Crippen LogP contribution in [0.1, 0.15) is 36.5 Å². The normalized spacial score (nSPS) is 16.6. The summed E-state index contributed by atoms with van der Waals surface area (Å²) in [6.07, 6.45) is 2.85. The van der Waals surface area contributed by atoms with Gasteiger partial charge in [-0.1, -0.05) is 12.1 Å². The van der Waals surface area contributed by atoms with Gasteiger partial charge in [-0.3, -0.25) is 14.5 Å². The molecule has 1 amide bonds. The minimum atomic E-state index is -0.395. The Kier molecular flexibility index (Phi) is 3.95. The van der Waals surface area contributed by atoms with Crippen LogP contribution in [0.25, 0.3) is 0 Å². The number of carbonyl (C=O) groups excluding carboxylic acids is 2. The van der Waals surface area contributed by atoms with Crippen LogP contribution < -0.4 is 4.90 Å². The molecule has 1 fully saturated rings. The molecule has 2 rings (SSSR count). The van der Waals surface area contributed by atoms with Crippen LogP contribution in [0.5, 0.6) is 0 Å². The fourth-order valence-corrected chi connectivity index (χ4v) is 2.77. The third-order valence-corrected chi connectivity index (χ3v) is 4.44. The Bertz CT molecular complexity index is 533. The van der Waals surface area contributed by atoms with Gasteiger partial charge in [0.15, 0.2) is 5.78 Å². The van der Waals surface area contributed by atoms with E-state index < -0.39 is 5.54 Å². The van der Waals surface area contributed by atoms with Gasteiger partial charge >= 0.3 is 0 Å². The van der Waals surface area contributed by atoms with Gasteiger partial charge < -0.3 is 4.90 Å². The molecule has 0 unspecified atom stereocenters. The second kappa shape index (κ2) is 5.37. The second-order valence-corrected chi connectivity index (χ2v) is 5.70. The summed E-state index contributed by atoms with van der Waals surface area (Å²) in [6.45, 7) is 1.51. The first-order valence-corrected chi connectivity index (χ1v) is 6.96. The van der Waals surface area contributed by atoms with Gasteiger partial charge in [0.05, 0.1) is 11.2 Å². The van der Waals surface area contributed by atoms with Crippen LogP contribution in [0, 0.1) is 0 Å². The molecule has 4 nitrogen and oxygen atoms in total. The van der Waals surface area contributed by atoms with E-state index in [1.54, 1.807) is 7.05 Å². The van der Waals surface area contributed by atoms with Crippen LogP contribution in [0.3, 0.4) is 0 Å². The molecule has 1 aliphatic carbocycles. The van der Waals surface area contributed by atoms with E-state index in [-0.39, 0.29) is 11.7 Å². The molecule has 0 spiro atoms. The van der Waals surface area contributed by atoms with Crippen LogP contribution in [0.15, 0.2) is 24.3 Å². The van der Waals surface area contributed by atoms with E-state index in [4.69, 9.17) is 0 Å². The monoisotopic (exact) mass is 274 g/mol. The SMILES string of the molecule is CC(=O)N(C)c1ccccc1C(=O)C1(N(C)C)CCC1. The van der Waals surface area contributed by atoms with Crippen LogP contribution >= 0.6 is 0 Å². The summed E-state index contributed by atoms with van der Waals surface area (Å²) in [7, 11) is 5.61. The Morgan fingerprint density at radius 3 is 2.15 bits per heavy atom. The van der Waals surface area contributed by atoms with Crippen molar-refractivity contribution in [2.24, 2.45) is 0 Å². The van der Waals surface area contributed by atoms with Crippen LogP contribution in [-0.4, -0.2) is 43.3 Å². The van der Waals surface area contributed by atoms with Crippen molar-refractivity contribution in [1.82, 2.24) is 4.90 Å². The predicted octanol–water partition coefficient (Wildman–Crippen LogP) is 2.34. The minimum Gasteiger partial charge on any atom is -0.315 e. The highest BCUT2D eigenvalue weighted by molar-refractivity contribution is 6.10. The van der Waals surface area contributed by atoms with E-state index in [0.717, 1.165) is 19.3 Å². The number of anilines is 1. The first-order valence-electron chi connectivity index (χ1n) is 6.96. The Morgan fingerprint density at radius 2 is 1.70 bits per heavy atom. The predicted molar refractivity (Wildman–Crippen MR) is 80.1 cm³/mol. The third-order valence-electron chi connectivity index (χ3n) is 4.44. The second-order valence-electron chi connectivity index (χ2n) is 5.70. The van der Waals surface area contributed by atoms with E-state index in [1.165, 1.54) is 11.8 Å². The topological polar surface area (TPSA) is 40.6 Å². The zero-order chi connectivity index (χ0) is 14.9.